The van der Waals surface area contributed by atoms with Crippen molar-refractivity contribution in [2.75, 3.05) is 4.90 Å². The number of hydrogen-bond acceptors (Lipinski definition) is 2. The molecule has 0 N–H and O–H groups in total. The molecule has 0 unspecified atom stereocenters. The van der Waals surface area contributed by atoms with Crippen molar-refractivity contribution in [3.8, 4) is 44.9 Å². The molecule has 3 aliphatic rings. The Morgan fingerprint density at radius 1 is 0.264 bits per heavy atom. The molecule has 0 fully saturated rings. The molecule has 0 radical (unpaired) electrons. The number of nitrogens with zero attached hydrogens (tertiary/aromatic N) is 1. The molecule has 2 aliphatic carbocycles. The summed E-state index contributed by atoms with van der Waals surface area (Å²) in [6.45, 7) is 0. The number of ether oxygens (including phenoxy) is 1. The third-order valence-corrected chi connectivity index (χ3v) is 16.0. The summed E-state index contributed by atoms with van der Waals surface area (Å²) in [5.41, 5.74) is 19.5. The first-order valence-electron chi connectivity index (χ1n) is 25.0. The van der Waals surface area contributed by atoms with Crippen LogP contribution in [0.4, 0.5) is 17.1 Å². The Balaban J connectivity index is 0.904. The Morgan fingerprint density at radius 2 is 0.708 bits per heavy atom. The molecule has 0 amide bonds. The van der Waals surface area contributed by atoms with Gasteiger partial charge in [0.2, 0.25) is 0 Å². The van der Waals surface area contributed by atoms with Crippen LogP contribution in [0, 0.1) is 0 Å². The largest absolute Gasteiger partial charge is 0.455 e. The summed E-state index contributed by atoms with van der Waals surface area (Å²) in [4.78, 5) is 2.42. The first-order chi connectivity index (χ1) is 35.7. The van der Waals surface area contributed by atoms with E-state index in [1.165, 1.54) is 83.1 Å². The van der Waals surface area contributed by atoms with Gasteiger partial charge < -0.3 is 9.64 Å². The molecule has 336 valence electrons. The van der Waals surface area contributed by atoms with Crippen LogP contribution in [0.15, 0.2) is 273 Å². The topological polar surface area (TPSA) is 12.5 Å². The molecule has 1 aliphatic heterocycles. The predicted molar refractivity (Wildman–Crippen MR) is 296 cm³/mol. The standard InChI is InChI=1S/C70H45NO/c1-4-22-50(23-5-1)69(51-24-6-2-7-25-51)61-33-16-14-32-58(61)60-45-54(38-42-63(60)69)71(52-26-8-3-9-27-52)53-28-18-21-48(43-53)49-37-39-64-59(44-49)57-31-15-17-34-62(57)70(64)65-40-35-46-19-10-12-29-55(46)67(65)72-68-56-30-13-11-20-47(56)36-41-66(68)70/h1-45H. The lowest BCUT2D eigenvalue weighted by Gasteiger charge is -2.40. The van der Waals surface area contributed by atoms with Crippen LogP contribution in [-0.4, -0.2) is 0 Å². The summed E-state index contributed by atoms with van der Waals surface area (Å²) in [6, 6.07) is 101. The van der Waals surface area contributed by atoms with E-state index in [0.717, 1.165) is 44.9 Å². The highest BCUT2D eigenvalue weighted by atomic mass is 16.5. The molecule has 12 aromatic rings. The van der Waals surface area contributed by atoms with Gasteiger partial charge in [0, 0.05) is 39.0 Å². The molecule has 12 aromatic carbocycles. The minimum atomic E-state index is -0.599. The number of benzene rings is 12. The molecule has 0 atom stereocenters. The van der Waals surface area contributed by atoms with Crippen LogP contribution in [0.2, 0.25) is 0 Å². The lowest BCUT2D eigenvalue weighted by molar-refractivity contribution is 0.447. The molecule has 2 nitrogen and oxygen atoms in total. The molecule has 0 saturated carbocycles. The summed E-state index contributed by atoms with van der Waals surface area (Å²) in [6.07, 6.45) is 0. The van der Waals surface area contributed by atoms with Gasteiger partial charge in [0.15, 0.2) is 0 Å². The normalized spacial score (nSPS) is 13.9. The molecule has 72 heavy (non-hydrogen) atoms. The molecule has 0 saturated heterocycles. The lowest BCUT2D eigenvalue weighted by atomic mass is 9.65. The number of fused-ring (bicyclic) bond motifs is 16. The number of rotatable bonds is 6. The van der Waals surface area contributed by atoms with Crippen molar-refractivity contribution in [2.24, 2.45) is 0 Å². The molecule has 1 spiro atoms. The Morgan fingerprint density at radius 3 is 1.35 bits per heavy atom. The van der Waals surface area contributed by atoms with Crippen LogP contribution < -0.4 is 9.64 Å². The smallest absolute Gasteiger partial charge is 0.140 e. The van der Waals surface area contributed by atoms with Gasteiger partial charge in [-0.15, -0.1) is 0 Å². The number of hydrogen-bond donors (Lipinski definition) is 0. The average molecular weight is 916 g/mol. The van der Waals surface area contributed by atoms with Crippen LogP contribution in [-0.2, 0) is 10.8 Å². The van der Waals surface area contributed by atoms with E-state index in [-0.39, 0.29) is 0 Å². The van der Waals surface area contributed by atoms with E-state index < -0.39 is 10.8 Å². The Labute approximate surface area is 419 Å². The summed E-state index contributed by atoms with van der Waals surface area (Å²) in [7, 11) is 0. The van der Waals surface area contributed by atoms with Crippen LogP contribution in [0.1, 0.15) is 44.5 Å². The monoisotopic (exact) mass is 915 g/mol. The van der Waals surface area contributed by atoms with Gasteiger partial charge in [-0.3, -0.25) is 0 Å². The molecule has 0 aromatic heterocycles. The van der Waals surface area contributed by atoms with Crippen molar-refractivity contribution in [3.63, 3.8) is 0 Å². The van der Waals surface area contributed by atoms with Crippen LogP contribution in [0.5, 0.6) is 11.5 Å². The lowest BCUT2D eigenvalue weighted by Crippen LogP contribution is -2.32. The van der Waals surface area contributed by atoms with Crippen LogP contribution >= 0.6 is 0 Å². The third-order valence-electron chi connectivity index (χ3n) is 16.0. The number of para-hydroxylation sites is 1. The van der Waals surface area contributed by atoms with E-state index in [0.29, 0.717) is 0 Å². The zero-order chi connectivity index (χ0) is 47.4. The summed E-state index contributed by atoms with van der Waals surface area (Å²) >= 11 is 0. The third kappa shape index (κ3) is 5.60. The van der Waals surface area contributed by atoms with Gasteiger partial charge in [-0.25, -0.2) is 0 Å². The second-order valence-electron chi connectivity index (χ2n) is 19.5. The highest BCUT2D eigenvalue weighted by molar-refractivity contribution is 6.00. The fourth-order valence-corrected chi connectivity index (χ4v) is 13.0. The maximum atomic E-state index is 7.21. The molecule has 0 bridgehead atoms. The molecule has 15 rings (SSSR count). The first kappa shape index (κ1) is 40.6. The van der Waals surface area contributed by atoms with Crippen molar-refractivity contribution < 1.29 is 4.74 Å². The van der Waals surface area contributed by atoms with Gasteiger partial charge in [-0.05, 0) is 120 Å². The van der Waals surface area contributed by atoms with Gasteiger partial charge >= 0.3 is 0 Å². The van der Waals surface area contributed by atoms with Gasteiger partial charge in [0.05, 0.1) is 10.8 Å². The van der Waals surface area contributed by atoms with Crippen molar-refractivity contribution in [2.45, 2.75) is 10.8 Å². The fourth-order valence-electron chi connectivity index (χ4n) is 13.0. The van der Waals surface area contributed by atoms with E-state index in [9.17, 15) is 0 Å². The Bertz CT molecular complexity index is 4010. The number of anilines is 3. The van der Waals surface area contributed by atoms with Crippen molar-refractivity contribution in [1.82, 2.24) is 0 Å². The second kappa shape index (κ2) is 15.6. The zero-order valence-corrected chi connectivity index (χ0v) is 39.3. The van der Waals surface area contributed by atoms with E-state index >= 15 is 0 Å². The van der Waals surface area contributed by atoms with Crippen molar-refractivity contribution >= 4 is 38.6 Å². The predicted octanol–water partition coefficient (Wildman–Crippen LogP) is 18.0. The maximum Gasteiger partial charge on any atom is 0.140 e. The van der Waals surface area contributed by atoms with E-state index in [4.69, 9.17) is 4.74 Å². The first-order valence-corrected chi connectivity index (χ1v) is 25.0. The van der Waals surface area contributed by atoms with Gasteiger partial charge in [0.1, 0.15) is 11.5 Å². The Kier molecular flexibility index (Phi) is 8.82. The molecular formula is C70H45NO. The average Bonchev–Trinajstić information content (AvgIpc) is 3.91. The SMILES string of the molecule is c1ccc(N(c2cccc(-c3ccc4c(c3)-c3ccccc3C43c4ccc5ccccc5c4Oc4c3ccc3ccccc43)c2)c2ccc3c(c2)-c2ccccc2C3(c2ccccc2)c2ccccc2)cc1. The summed E-state index contributed by atoms with van der Waals surface area (Å²) in [5, 5.41) is 4.57. The highest BCUT2D eigenvalue weighted by Gasteiger charge is 2.52. The van der Waals surface area contributed by atoms with Crippen LogP contribution in [0.25, 0.3) is 54.9 Å². The Hall–Kier alpha value is -9.24. The minimum Gasteiger partial charge on any atom is -0.455 e. The molecule has 2 heteroatoms. The molecule has 1 heterocycles. The zero-order valence-electron chi connectivity index (χ0n) is 39.3. The maximum absolute atomic E-state index is 7.21. The quantitative estimate of drug-likeness (QED) is 0.165. The summed E-state index contributed by atoms with van der Waals surface area (Å²) in [5.74, 6) is 1.86. The van der Waals surface area contributed by atoms with Gasteiger partial charge in [-0.1, -0.05) is 231 Å². The van der Waals surface area contributed by atoms with Gasteiger partial charge in [-0.2, -0.15) is 0 Å². The molecular weight excluding hydrogens is 871 g/mol. The van der Waals surface area contributed by atoms with E-state index in [2.05, 4.69) is 278 Å². The van der Waals surface area contributed by atoms with Crippen molar-refractivity contribution in [3.05, 3.63) is 317 Å². The second-order valence-corrected chi connectivity index (χ2v) is 19.5. The van der Waals surface area contributed by atoms with E-state index in [1.54, 1.807) is 0 Å². The van der Waals surface area contributed by atoms with Crippen LogP contribution in [0.3, 0.4) is 0 Å². The van der Waals surface area contributed by atoms with Gasteiger partial charge in [0.25, 0.3) is 0 Å². The minimum absolute atomic E-state index is 0.467. The van der Waals surface area contributed by atoms with Crippen molar-refractivity contribution in [1.29, 1.82) is 0 Å². The fraction of sp³-hybridized carbons (Fsp3) is 0.0286. The van der Waals surface area contributed by atoms with E-state index in [1.807, 2.05) is 0 Å². The highest BCUT2D eigenvalue weighted by Crippen LogP contribution is 2.64. The summed E-state index contributed by atoms with van der Waals surface area (Å²) < 4.78 is 7.21.